The van der Waals surface area contributed by atoms with Gasteiger partial charge < -0.3 is 15.3 Å². The number of aliphatic hydroxyl groups is 2. The van der Waals surface area contributed by atoms with Crippen molar-refractivity contribution >= 4 is 5.97 Å². The van der Waals surface area contributed by atoms with Crippen LogP contribution in [0.3, 0.4) is 0 Å². The molecular formula is C31H46O4. The van der Waals surface area contributed by atoms with E-state index < -0.39 is 11.6 Å². The summed E-state index contributed by atoms with van der Waals surface area (Å²) < 4.78 is 0. The van der Waals surface area contributed by atoms with Crippen LogP contribution < -0.4 is 0 Å². The van der Waals surface area contributed by atoms with Crippen molar-refractivity contribution in [2.24, 2.45) is 46.3 Å². The van der Waals surface area contributed by atoms with Crippen LogP contribution in [0.5, 0.6) is 0 Å². The van der Waals surface area contributed by atoms with Crippen molar-refractivity contribution in [3.05, 3.63) is 35.9 Å². The van der Waals surface area contributed by atoms with Gasteiger partial charge in [0.2, 0.25) is 0 Å². The van der Waals surface area contributed by atoms with Crippen LogP contribution in [0.2, 0.25) is 0 Å². The highest BCUT2D eigenvalue weighted by molar-refractivity contribution is 5.66. The van der Waals surface area contributed by atoms with Crippen LogP contribution in [0, 0.1) is 46.3 Å². The van der Waals surface area contributed by atoms with Crippen LogP contribution in [0.15, 0.2) is 30.3 Å². The lowest BCUT2D eigenvalue weighted by molar-refractivity contribution is -0.188. The Bertz CT molecular complexity index is 916. The summed E-state index contributed by atoms with van der Waals surface area (Å²) in [4.78, 5) is 11.2. The number of carboxylic acid groups (broad SMARTS) is 1. The highest BCUT2D eigenvalue weighted by Crippen LogP contribution is 2.69. The first-order valence-corrected chi connectivity index (χ1v) is 14.2. The highest BCUT2D eigenvalue weighted by atomic mass is 16.4. The van der Waals surface area contributed by atoms with Crippen LogP contribution in [0.4, 0.5) is 0 Å². The molecule has 1 aromatic rings. The minimum atomic E-state index is -0.688. The first-order valence-electron chi connectivity index (χ1n) is 14.2. The van der Waals surface area contributed by atoms with E-state index in [1.54, 1.807) is 0 Å². The number of aliphatic carboxylic acids is 1. The Morgan fingerprint density at radius 2 is 1.74 bits per heavy atom. The second-order valence-electron chi connectivity index (χ2n) is 13.5. The van der Waals surface area contributed by atoms with Crippen LogP contribution in [0.1, 0.15) is 90.5 Å². The maximum atomic E-state index is 11.6. The summed E-state index contributed by atoms with van der Waals surface area (Å²) >= 11 is 0. The van der Waals surface area contributed by atoms with Crippen molar-refractivity contribution in [1.82, 2.24) is 0 Å². The van der Waals surface area contributed by atoms with E-state index in [4.69, 9.17) is 0 Å². The van der Waals surface area contributed by atoms with E-state index in [0.717, 1.165) is 32.1 Å². The van der Waals surface area contributed by atoms with E-state index in [1.807, 2.05) is 6.07 Å². The van der Waals surface area contributed by atoms with Gasteiger partial charge >= 0.3 is 5.97 Å². The fraction of sp³-hybridized carbons (Fsp3) is 0.774. The number of carboxylic acids is 1. The molecular weight excluding hydrogens is 436 g/mol. The molecule has 0 amide bonds. The van der Waals surface area contributed by atoms with Crippen molar-refractivity contribution in [2.75, 3.05) is 0 Å². The number of aliphatic hydroxyl groups excluding tert-OH is 1. The van der Waals surface area contributed by atoms with Crippen molar-refractivity contribution in [2.45, 2.75) is 103 Å². The lowest BCUT2D eigenvalue weighted by Gasteiger charge is -2.63. The summed E-state index contributed by atoms with van der Waals surface area (Å²) in [5.41, 5.74) is 0.946. The molecule has 0 unspecified atom stereocenters. The first-order chi connectivity index (χ1) is 16.6. The Morgan fingerprint density at radius 3 is 2.46 bits per heavy atom. The van der Waals surface area contributed by atoms with Gasteiger partial charge in [-0.25, -0.2) is 0 Å². The van der Waals surface area contributed by atoms with E-state index in [-0.39, 0.29) is 23.4 Å². The van der Waals surface area contributed by atoms with E-state index in [0.29, 0.717) is 41.9 Å². The van der Waals surface area contributed by atoms with Crippen molar-refractivity contribution in [3.63, 3.8) is 0 Å². The van der Waals surface area contributed by atoms with Crippen LogP contribution in [-0.2, 0) is 11.2 Å². The van der Waals surface area contributed by atoms with Gasteiger partial charge in [-0.2, -0.15) is 0 Å². The SMILES string of the molecule is C[C@H](CCC(=O)O)[C@H]1CC[C@H]2[C@@H]3[C@H](O)C[C@@H]4C[C@@](O)(Cc5ccccc5)CC[C@]4(C)[C@H]3CC[C@]12C. The Balaban J connectivity index is 1.33. The lowest BCUT2D eigenvalue weighted by atomic mass is 9.43. The Morgan fingerprint density at radius 1 is 1.03 bits per heavy atom. The summed E-state index contributed by atoms with van der Waals surface area (Å²) in [6.07, 6.45) is 9.70. The molecule has 5 rings (SSSR count). The molecule has 4 nitrogen and oxygen atoms in total. The molecule has 0 aliphatic heterocycles. The largest absolute Gasteiger partial charge is 0.481 e. The van der Waals surface area contributed by atoms with Gasteiger partial charge in [-0.3, -0.25) is 4.79 Å². The second-order valence-corrected chi connectivity index (χ2v) is 13.5. The monoisotopic (exact) mass is 482 g/mol. The molecule has 4 fully saturated rings. The molecule has 0 heterocycles. The predicted molar refractivity (Wildman–Crippen MR) is 138 cm³/mol. The summed E-state index contributed by atoms with van der Waals surface area (Å²) in [5.74, 6) is 2.09. The summed E-state index contributed by atoms with van der Waals surface area (Å²) in [6.45, 7) is 7.20. The fourth-order valence-corrected chi connectivity index (χ4v) is 9.95. The predicted octanol–water partition coefficient (Wildman–Crippen LogP) is 6.09. The van der Waals surface area contributed by atoms with E-state index in [9.17, 15) is 20.1 Å². The summed E-state index contributed by atoms with van der Waals surface area (Å²) in [6, 6.07) is 10.4. The van der Waals surface area contributed by atoms with Crippen LogP contribution in [0.25, 0.3) is 0 Å². The minimum Gasteiger partial charge on any atom is -0.481 e. The highest BCUT2D eigenvalue weighted by Gasteiger charge is 2.63. The molecule has 0 bridgehead atoms. The van der Waals surface area contributed by atoms with Gasteiger partial charge in [-0.15, -0.1) is 0 Å². The molecule has 4 saturated carbocycles. The Hall–Kier alpha value is -1.39. The zero-order valence-corrected chi connectivity index (χ0v) is 22.0. The molecule has 4 heteroatoms. The van der Waals surface area contributed by atoms with Gasteiger partial charge in [-0.1, -0.05) is 51.1 Å². The minimum absolute atomic E-state index is 0.196. The van der Waals surface area contributed by atoms with Gasteiger partial charge in [0, 0.05) is 12.8 Å². The van der Waals surface area contributed by atoms with Crippen molar-refractivity contribution in [3.8, 4) is 0 Å². The van der Waals surface area contributed by atoms with Gasteiger partial charge in [0.05, 0.1) is 11.7 Å². The average molecular weight is 483 g/mol. The Kier molecular flexibility index (Phi) is 6.62. The average Bonchev–Trinajstić information content (AvgIpc) is 3.16. The fourth-order valence-electron chi connectivity index (χ4n) is 9.95. The molecule has 0 aromatic heterocycles. The van der Waals surface area contributed by atoms with Gasteiger partial charge in [0.1, 0.15) is 0 Å². The van der Waals surface area contributed by atoms with Crippen molar-refractivity contribution < 1.29 is 20.1 Å². The van der Waals surface area contributed by atoms with Crippen LogP contribution in [-0.4, -0.2) is 33.0 Å². The topological polar surface area (TPSA) is 77.8 Å². The lowest BCUT2D eigenvalue weighted by Crippen LogP contribution is -2.60. The molecule has 4 aliphatic carbocycles. The third-order valence-corrected chi connectivity index (χ3v) is 11.8. The second kappa shape index (κ2) is 9.17. The maximum absolute atomic E-state index is 11.6. The van der Waals surface area contributed by atoms with E-state index >= 15 is 0 Å². The molecule has 0 spiro atoms. The third kappa shape index (κ3) is 4.37. The molecule has 3 N–H and O–H groups in total. The molecule has 1 aromatic carbocycles. The smallest absolute Gasteiger partial charge is 0.303 e. The molecule has 0 saturated heterocycles. The maximum Gasteiger partial charge on any atom is 0.303 e. The van der Waals surface area contributed by atoms with Crippen molar-refractivity contribution in [1.29, 1.82) is 0 Å². The number of fused-ring (bicyclic) bond motifs is 5. The quantitative estimate of drug-likeness (QED) is 0.458. The van der Waals surface area contributed by atoms with E-state index in [1.165, 1.54) is 31.2 Å². The summed E-state index contributed by atoms with van der Waals surface area (Å²) in [7, 11) is 0. The Labute approximate surface area is 211 Å². The zero-order chi connectivity index (χ0) is 25.0. The number of hydrogen-bond acceptors (Lipinski definition) is 3. The molecule has 0 radical (unpaired) electrons. The van der Waals surface area contributed by atoms with Gasteiger partial charge in [0.25, 0.3) is 0 Å². The number of rotatable bonds is 6. The number of hydrogen-bond donors (Lipinski definition) is 3. The zero-order valence-electron chi connectivity index (χ0n) is 22.0. The molecule has 35 heavy (non-hydrogen) atoms. The first kappa shape index (κ1) is 25.3. The summed E-state index contributed by atoms with van der Waals surface area (Å²) in [5, 5.41) is 32.4. The molecule has 10 atom stereocenters. The third-order valence-electron chi connectivity index (χ3n) is 11.8. The normalized spacial score (nSPS) is 45.7. The van der Waals surface area contributed by atoms with Gasteiger partial charge in [-0.05, 0) is 110 Å². The van der Waals surface area contributed by atoms with E-state index in [2.05, 4.69) is 45.0 Å². The number of carbonyl (C=O) groups is 1. The molecule has 4 aliphatic rings. The standard InChI is InChI=1S/C31H46O4/c1-20(9-12-27(33)34)23-10-11-24-28-25(13-14-30(23,24)3)29(2)15-16-31(35,19-22(29)17-26(28)32)18-21-7-5-4-6-8-21/h4-8,20,22-26,28,32,35H,9-19H2,1-3H3,(H,33,34)/t20-,22-,23-,24+,25+,26-,28+,29+,30-,31+/m1/s1. The molecule has 194 valence electrons. The van der Waals surface area contributed by atoms with Gasteiger partial charge in [0.15, 0.2) is 0 Å². The van der Waals surface area contributed by atoms with Crippen LogP contribution >= 0.6 is 0 Å². The number of benzene rings is 1.